The molecule has 0 amide bonds. The summed E-state index contributed by atoms with van der Waals surface area (Å²) < 4.78 is 31.9. The second kappa shape index (κ2) is 10.1. The zero-order valence-corrected chi connectivity index (χ0v) is 15.7. The summed E-state index contributed by atoms with van der Waals surface area (Å²) in [5, 5.41) is 6.26. The molecule has 2 atom stereocenters. The van der Waals surface area contributed by atoms with Crippen LogP contribution >= 0.6 is 0 Å². The van der Waals surface area contributed by atoms with Crippen molar-refractivity contribution >= 4 is 16.0 Å². The lowest BCUT2D eigenvalue weighted by atomic mass is 10.2. The number of sulfonamides is 1. The molecule has 0 radical (unpaired) electrons. The van der Waals surface area contributed by atoms with Crippen LogP contribution in [0, 0.1) is 0 Å². The summed E-state index contributed by atoms with van der Waals surface area (Å²) >= 11 is 0. The molecule has 1 heterocycles. The first-order chi connectivity index (χ1) is 10.9. The van der Waals surface area contributed by atoms with E-state index in [1.165, 1.54) is 17.1 Å². The minimum atomic E-state index is -3.27. The normalized spacial score (nSPS) is 23.7. The van der Waals surface area contributed by atoms with Crippen molar-refractivity contribution in [3.8, 4) is 0 Å². The Kier molecular flexibility index (Phi) is 8.86. The smallest absolute Gasteiger partial charge is 0.216 e. The SMILES string of the molecule is CCCCCNC(=NC)NCCS(=O)(=O)N1CC(C)OC(C)C1. The van der Waals surface area contributed by atoms with Crippen LogP contribution in [0.2, 0.25) is 0 Å². The summed E-state index contributed by atoms with van der Waals surface area (Å²) in [5.41, 5.74) is 0. The lowest BCUT2D eigenvalue weighted by Gasteiger charge is -2.34. The van der Waals surface area contributed by atoms with Crippen molar-refractivity contribution in [2.24, 2.45) is 4.99 Å². The third-order valence-corrected chi connectivity index (χ3v) is 5.53. The maximum atomic E-state index is 12.4. The van der Waals surface area contributed by atoms with Crippen molar-refractivity contribution in [3.05, 3.63) is 0 Å². The Bertz CT molecular complexity index is 457. The van der Waals surface area contributed by atoms with Crippen molar-refractivity contribution in [1.82, 2.24) is 14.9 Å². The first-order valence-corrected chi connectivity index (χ1v) is 10.1. The van der Waals surface area contributed by atoms with Crippen molar-refractivity contribution < 1.29 is 13.2 Å². The van der Waals surface area contributed by atoms with Gasteiger partial charge < -0.3 is 15.4 Å². The molecular weight excluding hydrogens is 316 g/mol. The van der Waals surface area contributed by atoms with Crippen LogP contribution in [0.5, 0.6) is 0 Å². The number of ether oxygens (including phenoxy) is 1. The molecule has 2 N–H and O–H groups in total. The van der Waals surface area contributed by atoms with E-state index in [2.05, 4.69) is 22.5 Å². The van der Waals surface area contributed by atoms with Gasteiger partial charge in [0, 0.05) is 33.2 Å². The van der Waals surface area contributed by atoms with Gasteiger partial charge in [-0.25, -0.2) is 8.42 Å². The molecule has 0 aromatic carbocycles. The third kappa shape index (κ3) is 7.50. The summed E-state index contributed by atoms with van der Waals surface area (Å²) in [4.78, 5) is 4.11. The van der Waals surface area contributed by atoms with Gasteiger partial charge in [-0.1, -0.05) is 19.8 Å². The first kappa shape index (κ1) is 20.2. The highest BCUT2D eigenvalue weighted by molar-refractivity contribution is 7.89. The lowest BCUT2D eigenvalue weighted by molar-refractivity contribution is -0.0440. The van der Waals surface area contributed by atoms with Gasteiger partial charge in [-0.15, -0.1) is 0 Å². The fourth-order valence-electron chi connectivity index (χ4n) is 2.59. The summed E-state index contributed by atoms with van der Waals surface area (Å²) in [6.45, 7) is 8.00. The maximum Gasteiger partial charge on any atom is 0.216 e. The van der Waals surface area contributed by atoms with Crippen molar-refractivity contribution in [2.75, 3.05) is 39.0 Å². The molecule has 0 bridgehead atoms. The van der Waals surface area contributed by atoms with Crippen LogP contribution in [-0.4, -0.2) is 69.9 Å². The number of hydrogen-bond donors (Lipinski definition) is 2. The zero-order valence-electron chi connectivity index (χ0n) is 14.8. The summed E-state index contributed by atoms with van der Waals surface area (Å²) in [7, 11) is -1.58. The predicted octanol–water partition coefficient (Wildman–Crippen LogP) is 0.781. The average molecular weight is 349 g/mol. The number of aliphatic imine (C=N–C) groups is 1. The van der Waals surface area contributed by atoms with Crippen molar-refractivity contribution in [2.45, 2.75) is 52.2 Å². The largest absolute Gasteiger partial charge is 0.373 e. The number of nitrogens with zero attached hydrogens (tertiary/aromatic N) is 2. The highest BCUT2D eigenvalue weighted by atomic mass is 32.2. The van der Waals surface area contributed by atoms with Crippen LogP contribution in [0.15, 0.2) is 4.99 Å². The molecule has 0 aromatic rings. The van der Waals surface area contributed by atoms with E-state index in [1.807, 2.05) is 13.8 Å². The van der Waals surface area contributed by atoms with Gasteiger partial charge in [-0.3, -0.25) is 4.99 Å². The molecule has 0 spiro atoms. The molecule has 23 heavy (non-hydrogen) atoms. The molecule has 1 fully saturated rings. The fraction of sp³-hybridized carbons (Fsp3) is 0.933. The van der Waals surface area contributed by atoms with Gasteiger partial charge in [0.25, 0.3) is 0 Å². The summed E-state index contributed by atoms with van der Waals surface area (Å²) in [5.74, 6) is 0.710. The van der Waals surface area contributed by atoms with Gasteiger partial charge in [-0.05, 0) is 20.3 Å². The highest BCUT2D eigenvalue weighted by Gasteiger charge is 2.30. The molecule has 0 aliphatic carbocycles. The minimum Gasteiger partial charge on any atom is -0.373 e. The topological polar surface area (TPSA) is 83.0 Å². The first-order valence-electron chi connectivity index (χ1n) is 8.46. The van der Waals surface area contributed by atoms with E-state index in [-0.39, 0.29) is 18.0 Å². The maximum absolute atomic E-state index is 12.4. The van der Waals surface area contributed by atoms with E-state index >= 15 is 0 Å². The molecule has 0 saturated carbocycles. The molecule has 1 saturated heterocycles. The van der Waals surface area contributed by atoms with Gasteiger partial charge in [0.15, 0.2) is 5.96 Å². The Hall–Kier alpha value is -0.860. The Morgan fingerprint density at radius 1 is 1.17 bits per heavy atom. The second-order valence-electron chi connectivity index (χ2n) is 6.02. The van der Waals surface area contributed by atoms with Crippen LogP contribution in [0.3, 0.4) is 0 Å². The Labute approximate surface area is 140 Å². The Morgan fingerprint density at radius 3 is 2.35 bits per heavy atom. The quantitative estimate of drug-likeness (QED) is 0.385. The standard InChI is InChI=1S/C15H32N4O3S/c1-5-6-7-8-17-15(16-4)18-9-10-23(20,21)19-11-13(2)22-14(3)12-19/h13-14H,5-12H2,1-4H3,(H2,16,17,18). The van der Waals surface area contributed by atoms with E-state index in [0.717, 1.165) is 13.0 Å². The molecule has 1 rings (SSSR count). The monoisotopic (exact) mass is 348 g/mol. The van der Waals surface area contributed by atoms with Crippen LogP contribution in [0.25, 0.3) is 0 Å². The summed E-state index contributed by atoms with van der Waals surface area (Å²) in [6, 6.07) is 0. The fourth-order valence-corrected chi connectivity index (χ4v) is 4.08. The van der Waals surface area contributed by atoms with Gasteiger partial charge >= 0.3 is 0 Å². The number of nitrogens with one attached hydrogen (secondary N) is 2. The van der Waals surface area contributed by atoms with Gasteiger partial charge in [0.2, 0.25) is 10.0 Å². The minimum absolute atomic E-state index is 0.0576. The van der Waals surface area contributed by atoms with E-state index in [4.69, 9.17) is 4.74 Å². The van der Waals surface area contributed by atoms with Crippen LogP contribution in [0.4, 0.5) is 0 Å². The van der Waals surface area contributed by atoms with Gasteiger partial charge in [-0.2, -0.15) is 4.31 Å². The molecule has 1 aliphatic heterocycles. The second-order valence-corrected chi connectivity index (χ2v) is 8.11. The zero-order chi connectivity index (χ0) is 17.3. The van der Waals surface area contributed by atoms with Crippen molar-refractivity contribution in [1.29, 1.82) is 0 Å². The summed E-state index contributed by atoms with van der Waals surface area (Å²) in [6.07, 6.45) is 3.30. The van der Waals surface area contributed by atoms with E-state index in [9.17, 15) is 8.42 Å². The average Bonchev–Trinajstić information content (AvgIpc) is 2.48. The predicted molar refractivity (Wildman–Crippen MR) is 94.3 cm³/mol. The highest BCUT2D eigenvalue weighted by Crippen LogP contribution is 2.14. The number of morpholine rings is 1. The van der Waals surface area contributed by atoms with Crippen LogP contribution in [-0.2, 0) is 14.8 Å². The molecule has 2 unspecified atom stereocenters. The number of rotatable bonds is 8. The number of guanidine groups is 1. The van der Waals surface area contributed by atoms with E-state index < -0.39 is 10.0 Å². The van der Waals surface area contributed by atoms with E-state index in [1.54, 1.807) is 7.05 Å². The molecule has 136 valence electrons. The number of hydrogen-bond acceptors (Lipinski definition) is 4. The van der Waals surface area contributed by atoms with Crippen LogP contribution in [0.1, 0.15) is 40.0 Å². The Morgan fingerprint density at radius 2 is 1.78 bits per heavy atom. The molecule has 1 aliphatic rings. The molecule has 0 aromatic heterocycles. The lowest BCUT2D eigenvalue weighted by Crippen LogP contribution is -2.50. The third-order valence-electron chi connectivity index (χ3n) is 3.73. The number of unbranched alkanes of at least 4 members (excludes halogenated alkanes) is 2. The van der Waals surface area contributed by atoms with E-state index in [0.29, 0.717) is 25.6 Å². The van der Waals surface area contributed by atoms with Gasteiger partial charge in [0.05, 0.1) is 18.0 Å². The molecule has 8 heteroatoms. The van der Waals surface area contributed by atoms with Gasteiger partial charge in [0.1, 0.15) is 0 Å². The van der Waals surface area contributed by atoms with Crippen LogP contribution < -0.4 is 10.6 Å². The molecular formula is C15H32N4O3S. The van der Waals surface area contributed by atoms with Crippen molar-refractivity contribution in [3.63, 3.8) is 0 Å². The molecule has 7 nitrogen and oxygen atoms in total. The Balaban J connectivity index is 2.37.